The van der Waals surface area contributed by atoms with Gasteiger partial charge >= 0.3 is 0 Å². The van der Waals surface area contributed by atoms with Crippen LogP contribution in [0.2, 0.25) is 0 Å². The summed E-state index contributed by atoms with van der Waals surface area (Å²) < 4.78 is 5.64. The molecule has 0 bridgehead atoms. The van der Waals surface area contributed by atoms with E-state index in [1.165, 1.54) is 25.0 Å². The predicted molar refractivity (Wildman–Crippen MR) is 77.3 cm³/mol. The predicted octanol–water partition coefficient (Wildman–Crippen LogP) is 3.03. The molecule has 6 heteroatoms. The van der Waals surface area contributed by atoms with Crippen LogP contribution in [0.5, 0.6) is 11.5 Å². The van der Waals surface area contributed by atoms with E-state index in [1.54, 1.807) is 24.5 Å². The fourth-order valence-electron chi connectivity index (χ4n) is 1.96. The van der Waals surface area contributed by atoms with Gasteiger partial charge in [-0.3, -0.25) is 15.1 Å². The first-order valence-corrected chi connectivity index (χ1v) is 6.80. The van der Waals surface area contributed by atoms with Crippen molar-refractivity contribution in [3.8, 4) is 11.5 Å². The molecular formula is C15H15N3O3. The standard InChI is InChI=1S/C15H15N3O3/c19-18(20)13-2-1-3-14(7-13)21-15-6-11(8-16-10-15)9-17-12-4-5-12/h1-3,6-8,10,12,17H,4-5,9H2. The van der Waals surface area contributed by atoms with E-state index in [2.05, 4.69) is 10.3 Å². The van der Waals surface area contributed by atoms with Crippen LogP contribution in [0.3, 0.4) is 0 Å². The average Bonchev–Trinajstić information content (AvgIpc) is 3.30. The molecule has 1 saturated carbocycles. The van der Waals surface area contributed by atoms with Crippen molar-refractivity contribution < 1.29 is 9.66 Å². The zero-order chi connectivity index (χ0) is 14.7. The summed E-state index contributed by atoms with van der Waals surface area (Å²) in [6.07, 6.45) is 5.85. The SMILES string of the molecule is O=[N+]([O-])c1cccc(Oc2cncc(CNC3CC3)c2)c1. The molecule has 3 rings (SSSR count). The third-order valence-electron chi connectivity index (χ3n) is 3.21. The fourth-order valence-corrected chi connectivity index (χ4v) is 1.96. The van der Waals surface area contributed by atoms with Crippen LogP contribution in [-0.2, 0) is 6.54 Å². The lowest BCUT2D eigenvalue weighted by atomic mass is 10.2. The second-order valence-corrected chi connectivity index (χ2v) is 5.04. The highest BCUT2D eigenvalue weighted by Gasteiger charge is 2.20. The molecule has 0 spiro atoms. The molecule has 1 aliphatic rings. The van der Waals surface area contributed by atoms with E-state index in [0.29, 0.717) is 17.5 Å². The van der Waals surface area contributed by atoms with Crippen molar-refractivity contribution in [3.63, 3.8) is 0 Å². The normalized spacial score (nSPS) is 13.9. The van der Waals surface area contributed by atoms with Gasteiger partial charge in [0.05, 0.1) is 17.2 Å². The molecule has 2 aromatic rings. The maximum absolute atomic E-state index is 10.7. The van der Waals surface area contributed by atoms with Gasteiger partial charge in [-0.2, -0.15) is 0 Å². The van der Waals surface area contributed by atoms with Gasteiger partial charge < -0.3 is 10.1 Å². The van der Waals surface area contributed by atoms with Crippen LogP contribution in [0.15, 0.2) is 42.7 Å². The van der Waals surface area contributed by atoms with E-state index in [-0.39, 0.29) is 5.69 Å². The summed E-state index contributed by atoms with van der Waals surface area (Å²) in [4.78, 5) is 14.4. The van der Waals surface area contributed by atoms with Gasteiger partial charge in [-0.1, -0.05) is 6.07 Å². The molecule has 1 aliphatic carbocycles. The Morgan fingerprint density at radius 2 is 2.14 bits per heavy atom. The largest absolute Gasteiger partial charge is 0.455 e. The Balaban J connectivity index is 1.70. The van der Waals surface area contributed by atoms with Crippen LogP contribution in [-0.4, -0.2) is 15.9 Å². The number of ether oxygens (including phenoxy) is 1. The number of hydrogen-bond acceptors (Lipinski definition) is 5. The molecule has 0 unspecified atom stereocenters. The molecule has 21 heavy (non-hydrogen) atoms. The third kappa shape index (κ3) is 3.76. The number of nitrogens with zero attached hydrogens (tertiary/aromatic N) is 2. The molecule has 1 fully saturated rings. The number of nitro benzene ring substituents is 1. The van der Waals surface area contributed by atoms with Crippen LogP contribution >= 0.6 is 0 Å². The molecule has 0 atom stereocenters. The van der Waals surface area contributed by atoms with Gasteiger partial charge in [-0.05, 0) is 30.5 Å². The Kier molecular flexibility index (Phi) is 3.79. The monoisotopic (exact) mass is 285 g/mol. The second-order valence-electron chi connectivity index (χ2n) is 5.04. The summed E-state index contributed by atoms with van der Waals surface area (Å²) in [6, 6.07) is 8.63. The van der Waals surface area contributed by atoms with Crippen molar-refractivity contribution in [3.05, 3.63) is 58.4 Å². The lowest BCUT2D eigenvalue weighted by Gasteiger charge is -2.07. The van der Waals surface area contributed by atoms with E-state index in [9.17, 15) is 10.1 Å². The highest BCUT2D eigenvalue weighted by Crippen LogP contribution is 2.25. The number of pyridine rings is 1. The van der Waals surface area contributed by atoms with Crippen molar-refractivity contribution >= 4 is 5.69 Å². The number of aromatic nitrogens is 1. The van der Waals surface area contributed by atoms with Crippen LogP contribution < -0.4 is 10.1 Å². The van der Waals surface area contributed by atoms with E-state index in [1.807, 2.05) is 6.07 Å². The smallest absolute Gasteiger partial charge is 0.273 e. The fraction of sp³-hybridized carbons (Fsp3) is 0.267. The molecular weight excluding hydrogens is 270 g/mol. The van der Waals surface area contributed by atoms with Gasteiger partial charge in [-0.15, -0.1) is 0 Å². The number of rotatable bonds is 6. The minimum atomic E-state index is -0.443. The van der Waals surface area contributed by atoms with Crippen molar-refractivity contribution in [2.24, 2.45) is 0 Å². The molecule has 1 aromatic heterocycles. The van der Waals surface area contributed by atoms with Gasteiger partial charge in [0.1, 0.15) is 11.5 Å². The van der Waals surface area contributed by atoms with Crippen molar-refractivity contribution in [1.82, 2.24) is 10.3 Å². The number of non-ortho nitro benzene ring substituents is 1. The van der Waals surface area contributed by atoms with Crippen molar-refractivity contribution in [1.29, 1.82) is 0 Å². The van der Waals surface area contributed by atoms with Gasteiger partial charge in [0.15, 0.2) is 0 Å². The Bertz CT molecular complexity index is 656. The van der Waals surface area contributed by atoms with Crippen molar-refractivity contribution in [2.75, 3.05) is 0 Å². The minimum absolute atomic E-state index is 0.00649. The zero-order valence-electron chi connectivity index (χ0n) is 11.4. The Labute approximate surface area is 121 Å². The zero-order valence-corrected chi connectivity index (χ0v) is 11.4. The summed E-state index contributed by atoms with van der Waals surface area (Å²) in [5, 5.41) is 14.1. The van der Waals surface area contributed by atoms with Crippen LogP contribution in [0.4, 0.5) is 5.69 Å². The summed E-state index contributed by atoms with van der Waals surface area (Å²) >= 11 is 0. The quantitative estimate of drug-likeness (QED) is 0.652. The Morgan fingerprint density at radius 3 is 2.90 bits per heavy atom. The number of nitro groups is 1. The first-order valence-electron chi connectivity index (χ1n) is 6.80. The lowest BCUT2D eigenvalue weighted by molar-refractivity contribution is -0.384. The van der Waals surface area contributed by atoms with Crippen LogP contribution in [0.1, 0.15) is 18.4 Å². The lowest BCUT2D eigenvalue weighted by Crippen LogP contribution is -2.15. The summed E-state index contributed by atoms with van der Waals surface area (Å²) in [5.74, 6) is 1.00. The average molecular weight is 285 g/mol. The molecule has 0 radical (unpaired) electrons. The minimum Gasteiger partial charge on any atom is -0.455 e. The highest BCUT2D eigenvalue weighted by molar-refractivity contribution is 5.40. The second kappa shape index (κ2) is 5.88. The molecule has 6 nitrogen and oxygen atoms in total. The van der Waals surface area contributed by atoms with Crippen LogP contribution in [0, 0.1) is 10.1 Å². The first-order chi connectivity index (χ1) is 10.2. The van der Waals surface area contributed by atoms with E-state index >= 15 is 0 Å². The van der Waals surface area contributed by atoms with Crippen molar-refractivity contribution in [2.45, 2.75) is 25.4 Å². The first kappa shape index (κ1) is 13.5. The summed E-state index contributed by atoms with van der Waals surface area (Å²) in [5.41, 5.74) is 1.04. The molecule has 0 amide bonds. The molecule has 0 aliphatic heterocycles. The molecule has 1 aromatic carbocycles. The summed E-state index contributed by atoms with van der Waals surface area (Å²) in [6.45, 7) is 0.754. The maximum Gasteiger partial charge on any atom is 0.273 e. The van der Waals surface area contributed by atoms with E-state index in [4.69, 9.17) is 4.74 Å². The third-order valence-corrected chi connectivity index (χ3v) is 3.21. The topological polar surface area (TPSA) is 77.3 Å². The number of nitrogens with one attached hydrogen (secondary N) is 1. The number of hydrogen-bond donors (Lipinski definition) is 1. The summed E-state index contributed by atoms with van der Waals surface area (Å²) in [7, 11) is 0. The van der Waals surface area contributed by atoms with Gasteiger partial charge in [0, 0.05) is 24.8 Å². The van der Waals surface area contributed by atoms with Gasteiger partial charge in [-0.25, -0.2) is 0 Å². The molecule has 0 saturated heterocycles. The van der Waals surface area contributed by atoms with Gasteiger partial charge in [0.2, 0.25) is 0 Å². The maximum atomic E-state index is 10.7. The Morgan fingerprint density at radius 1 is 1.29 bits per heavy atom. The number of benzene rings is 1. The van der Waals surface area contributed by atoms with E-state index < -0.39 is 4.92 Å². The van der Waals surface area contributed by atoms with E-state index in [0.717, 1.165) is 12.1 Å². The molecule has 1 heterocycles. The van der Waals surface area contributed by atoms with Crippen LogP contribution in [0.25, 0.3) is 0 Å². The Hall–Kier alpha value is -2.47. The highest BCUT2D eigenvalue weighted by atomic mass is 16.6. The molecule has 108 valence electrons. The van der Waals surface area contributed by atoms with Gasteiger partial charge in [0.25, 0.3) is 5.69 Å². The molecule has 1 N–H and O–H groups in total.